The largest absolute Gasteiger partial charge is 0.405 e. The lowest BCUT2D eigenvalue weighted by molar-refractivity contribution is -0.140. The van der Waals surface area contributed by atoms with Crippen LogP contribution in [0.3, 0.4) is 0 Å². The predicted molar refractivity (Wildman–Crippen MR) is 117 cm³/mol. The zero-order valence-electron chi connectivity index (χ0n) is 17.6. The number of nitrogens with one attached hydrogen (secondary N) is 2. The van der Waals surface area contributed by atoms with Crippen LogP contribution in [0.4, 0.5) is 13.2 Å². The highest BCUT2D eigenvalue weighted by Crippen LogP contribution is 2.29. The van der Waals surface area contributed by atoms with Crippen LogP contribution in [-0.4, -0.2) is 54.7 Å². The van der Waals surface area contributed by atoms with E-state index in [0.29, 0.717) is 40.6 Å². The lowest BCUT2D eigenvalue weighted by atomic mass is 10.2. The summed E-state index contributed by atoms with van der Waals surface area (Å²) in [5.41, 5.74) is 2.01. The third kappa shape index (κ3) is 4.83. The molecule has 4 aromatic heterocycles. The number of H-pyrrole nitrogens is 1. The maximum atomic E-state index is 12.6. The highest BCUT2D eigenvalue weighted by atomic mass is 79.9. The first kappa shape index (κ1) is 23.1. The smallest absolute Gasteiger partial charge is 0.374 e. The number of halogens is 4. The maximum Gasteiger partial charge on any atom is 0.405 e. The number of nitrogens with zero attached hydrogens (tertiary/aromatic N) is 5. The Morgan fingerprint density at radius 1 is 1.30 bits per heavy atom. The van der Waals surface area contributed by atoms with Crippen LogP contribution < -0.4 is 5.32 Å². The molecule has 2 N–H and O–H groups in total. The van der Waals surface area contributed by atoms with Gasteiger partial charge in [0.1, 0.15) is 36.2 Å². The van der Waals surface area contributed by atoms with Gasteiger partial charge in [0.15, 0.2) is 11.5 Å². The van der Waals surface area contributed by atoms with Crippen molar-refractivity contribution in [2.45, 2.75) is 32.7 Å². The molecule has 0 saturated carbocycles. The van der Waals surface area contributed by atoms with E-state index < -0.39 is 24.7 Å². The van der Waals surface area contributed by atoms with E-state index in [1.165, 1.54) is 17.7 Å². The normalized spacial score (nSPS) is 13.0. The van der Waals surface area contributed by atoms with Gasteiger partial charge in [-0.3, -0.25) is 9.36 Å². The lowest BCUT2D eigenvalue weighted by Gasteiger charge is -2.17. The molecule has 174 valence electrons. The van der Waals surface area contributed by atoms with Crippen LogP contribution in [0.25, 0.3) is 33.6 Å². The van der Waals surface area contributed by atoms with Crippen molar-refractivity contribution in [3.63, 3.8) is 0 Å². The minimum absolute atomic E-state index is 0.0586. The molecule has 9 nitrogen and oxygen atoms in total. The first-order valence-electron chi connectivity index (χ1n) is 9.97. The fourth-order valence-corrected chi connectivity index (χ4v) is 3.72. The van der Waals surface area contributed by atoms with Gasteiger partial charge in [0.25, 0.3) is 0 Å². The average Bonchev–Trinajstić information content (AvgIpc) is 3.35. The minimum Gasteiger partial charge on any atom is -0.374 e. The Hall–Kier alpha value is -3.06. The van der Waals surface area contributed by atoms with Gasteiger partial charge in [0.05, 0.1) is 6.20 Å². The number of fused-ring (bicyclic) bond motifs is 2. The van der Waals surface area contributed by atoms with Gasteiger partial charge >= 0.3 is 6.18 Å². The molecule has 0 aliphatic heterocycles. The van der Waals surface area contributed by atoms with E-state index in [1.54, 1.807) is 19.3 Å². The highest BCUT2D eigenvalue weighted by molar-refractivity contribution is 9.10. The number of carbonyl (C=O) groups is 1. The number of ether oxygens (including phenoxy) is 1. The first-order chi connectivity index (χ1) is 15.7. The Morgan fingerprint density at radius 2 is 2.09 bits per heavy atom. The molecule has 0 radical (unpaired) electrons. The van der Waals surface area contributed by atoms with E-state index in [0.717, 1.165) is 9.86 Å². The van der Waals surface area contributed by atoms with Crippen molar-refractivity contribution in [1.82, 2.24) is 34.8 Å². The van der Waals surface area contributed by atoms with Crippen molar-refractivity contribution in [2.24, 2.45) is 0 Å². The summed E-state index contributed by atoms with van der Waals surface area (Å²) in [7, 11) is 0. The van der Waals surface area contributed by atoms with Crippen LogP contribution in [0.2, 0.25) is 0 Å². The van der Waals surface area contributed by atoms with Gasteiger partial charge in [-0.05, 0) is 35.8 Å². The second-order valence-corrected chi connectivity index (χ2v) is 8.11. The second kappa shape index (κ2) is 9.06. The molecule has 33 heavy (non-hydrogen) atoms. The molecule has 1 atom stereocenters. The minimum atomic E-state index is -4.52. The van der Waals surface area contributed by atoms with Crippen LogP contribution in [0.5, 0.6) is 0 Å². The lowest BCUT2D eigenvalue weighted by Crippen LogP contribution is -2.38. The van der Waals surface area contributed by atoms with Crippen LogP contribution in [0.15, 0.2) is 29.1 Å². The van der Waals surface area contributed by atoms with Gasteiger partial charge in [-0.2, -0.15) is 13.2 Å². The SMILES string of the molecule is CCOCc1nc2cnc(-c3c[nH]c4ncc(Br)cc34)nc2n1C(C)C(=O)NCC(F)(F)F. The number of alkyl halides is 3. The quantitative estimate of drug-likeness (QED) is 0.378. The number of imidazole rings is 1. The van der Waals surface area contributed by atoms with E-state index in [2.05, 4.69) is 40.8 Å². The van der Waals surface area contributed by atoms with Crippen LogP contribution in [0.1, 0.15) is 25.7 Å². The molecular formula is C20H19BrF3N7O2. The summed E-state index contributed by atoms with van der Waals surface area (Å²) in [4.78, 5) is 33.3. The Morgan fingerprint density at radius 3 is 2.82 bits per heavy atom. The molecule has 0 spiro atoms. The van der Waals surface area contributed by atoms with Crippen molar-refractivity contribution in [2.75, 3.05) is 13.2 Å². The third-order valence-electron chi connectivity index (χ3n) is 4.91. The number of hydrogen-bond donors (Lipinski definition) is 2. The zero-order chi connectivity index (χ0) is 23.8. The first-order valence-corrected chi connectivity index (χ1v) is 10.8. The summed E-state index contributed by atoms with van der Waals surface area (Å²) in [6.45, 7) is 2.31. The highest BCUT2D eigenvalue weighted by Gasteiger charge is 2.30. The summed E-state index contributed by atoms with van der Waals surface area (Å²) in [6.07, 6.45) is 0.358. The summed E-state index contributed by atoms with van der Waals surface area (Å²) in [5.74, 6) is -0.110. The van der Waals surface area contributed by atoms with Gasteiger partial charge in [-0.15, -0.1) is 0 Å². The molecular weight excluding hydrogens is 507 g/mol. The Kier molecular flexibility index (Phi) is 6.34. The standard InChI is InChI=1S/C20H19BrF3N7O2/c1-3-33-8-15-29-14-7-27-17(13-6-26-16-12(13)4-11(21)5-25-16)30-18(14)31(15)10(2)19(32)28-9-20(22,23)24/h4-7,10H,3,8-9H2,1-2H3,(H,25,26)(H,28,32). The zero-order valence-corrected chi connectivity index (χ0v) is 19.2. The molecule has 0 aliphatic rings. The third-order valence-corrected chi connectivity index (χ3v) is 5.34. The fraction of sp³-hybridized carbons (Fsp3) is 0.350. The van der Waals surface area contributed by atoms with Gasteiger partial charge in [0, 0.05) is 34.4 Å². The van der Waals surface area contributed by atoms with E-state index >= 15 is 0 Å². The molecule has 4 heterocycles. The predicted octanol–water partition coefficient (Wildman–Crippen LogP) is 3.91. The van der Waals surface area contributed by atoms with Crippen LogP contribution >= 0.6 is 15.9 Å². The average molecular weight is 526 g/mol. The Bertz CT molecular complexity index is 1320. The van der Waals surface area contributed by atoms with E-state index in [4.69, 9.17) is 4.74 Å². The molecule has 13 heteroatoms. The number of pyridine rings is 1. The van der Waals surface area contributed by atoms with Crippen molar-refractivity contribution < 1.29 is 22.7 Å². The van der Waals surface area contributed by atoms with Gasteiger partial charge < -0.3 is 15.0 Å². The molecule has 0 bridgehead atoms. The summed E-state index contributed by atoms with van der Waals surface area (Å²) in [6, 6.07) is 0.849. The van der Waals surface area contributed by atoms with Crippen molar-refractivity contribution in [1.29, 1.82) is 0 Å². The van der Waals surface area contributed by atoms with Gasteiger partial charge in [-0.1, -0.05) is 0 Å². The number of rotatable bonds is 7. The Balaban J connectivity index is 1.79. The van der Waals surface area contributed by atoms with Crippen molar-refractivity contribution >= 4 is 44.0 Å². The van der Waals surface area contributed by atoms with Crippen LogP contribution in [0, 0.1) is 0 Å². The molecule has 1 amide bonds. The second-order valence-electron chi connectivity index (χ2n) is 7.20. The fourth-order valence-electron chi connectivity index (χ4n) is 3.38. The number of carbonyl (C=O) groups excluding carboxylic acids is 1. The van der Waals surface area contributed by atoms with E-state index in [1.807, 2.05) is 11.4 Å². The summed E-state index contributed by atoms with van der Waals surface area (Å²) < 4.78 is 45.5. The summed E-state index contributed by atoms with van der Waals surface area (Å²) >= 11 is 3.40. The number of hydrogen-bond acceptors (Lipinski definition) is 6. The van der Waals surface area contributed by atoms with Crippen LogP contribution in [-0.2, 0) is 16.1 Å². The molecule has 0 saturated heterocycles. The monoisotopic (exact) mass is 525 g/mol. The summed E-state index contributed by atoms with van der Waals surface area (Å²) in [5, 5.41) is 2.69. The van der Waals surface area contributed by atoms with Crippen molar-refractivity contribution in [3.05, 3.63) is 35.0 Å². The molecule has 1 unspecified atom stereocenters. The van der Waals surface area contributed by atoms with Gasteiger partial charge in [-0.25, -0.2) is 19.9 Å². The van der Waals surface area contributed by atoms with E-state index in [-0.39, 0.29) is 6.61 Å². The van der Waals surface area contributed by atoms with E-state index in [9.17, 15) is 18.0 Å². The molecule has 4 rings (SSSR count). The number of amides is 1. The maximum absolute atomic E-state index is 12.6. The molecule has 0 aromatic carbocycles. The van der Waals surface area contributed by atoms with Crippen molar-refractivity contribution in [3.8, 4) is 11.4 Å². The van der Waals surface area contributed by atoms with Gasteiger partial charge in [0.2, 0.25) is 5.91 Å². The Labute approximate surface area is 193 Å². The molecule has 4 aromatic rings. The number of aromatic nitrogens is 6. The molecule has 0 fully saturated rings. The topological polar surface area (TPSA) is 111 Å². The molecule has 0 aliphatic carbocycles. The number of aromatic amines is 1.